The van der Waals surface area contributed by atoms with Gasteiger partial charge in [0.2, 0.25) is 0 Å². The Morgan fingerprint density at radius 1 is 1.53 bits per heavy atom. The molecule has 1 amide bonds. The number of ether oxygens (including phenoxy) is 1. The molecule has 1 aromatic rings. The van der Waals surface area contributed by atoms with Gasteiger partial charge in [0, 0.05) is 13.1 Å². The molecule has 0 saturated heterocycles. The minimum Gasteiger partial charge on any atom is -0.489 e. The molecule has 3 rings (SSSR count). The highest BCUT2D eigenvalue weighted by atomic mass is 16.5. The van der Waals surface area contributed by atoms with Crippen LogP contribution < -0.4 is 15.4 Å². The van der Waals surface area contributed by atoms with Crippen molar-refractivity contribution in [1.82, 2.24) is 5.32 Å². The van der Waals surface area contributed by atoms with Gasteiger partial charge < -0.3 is 15.4 Å². The normalized spacial score (nSPS) is 18.8. The minimum absolute atomic E-state index is 0.0342. The lowest BCUT2D eigenvalue weighted by Crippen LogP contribution is -2.30. The molecule has 1 saturated carbocycles. The number of hydrogen-bond acceptors (Lipinski definition) is 3. The smallest absolute Gasteiger partial charge is 0.255 e. The van der Waals surface area contributed by atoms with E-state index in [4.69, 9.17) is 4.74 Å². The first kappa shape index (κ1) is 12.3. The maximum atomic E-state index is 12.2. The van der Waals surface area contributed by atoms with Gasteiger partial charge in [-0.3, -0.25) is 4.79 Å². The van der Waals surface area contributed by atoms with E-state index in [1.54, 1.807) is 0 Å². The molecule has 1 aromatic carbocycles. The second-order valence-electron chi connectivity index (χ2n) is 5.48. The van der Waals surface area contributed by atoms with Gasteiger partial charge in [-0.2, -0.15) is 0 Å². The molecule has 2 aliphatic rings. The lowest BCUT2D eigenvalue weighted by molar-refractivity contribution is 0.0942. The molecule has 19 heavy (non-hydrogen) atoms. The van der Waals surface area contributed by atoms with Crippen molar-refractivity contribution in [3.63, 3.8) is 0 Å². The van der Waals surface area contributed by atoms with Crippen LogP contribution in [0.2, 0.25) is 0 Å². The zero-order chi connectivity index (χ0) is 13.2. The van der Waals surface area contributed by atoms with Gasteiger partial charge >= 0.3 is 0 Å². The molecule has 1 atom stereocenters. The Balaban J connectivity index is 1.68. The SMILES string of the molecule is CC(CNC(=O)c1cccc2c1OCCN2)C1CC1. The summed E-state index contributed by atoms with van der Waals surface area (Å²) in [4.78, 5) is 12.2. The van der Waals surface area contributed by atoms with E-state index in [9.17, 15) is 4.79 Å². The van der Waals surface area contributed by atoms with E-state index < -0.39 is 0 Å². The van der Waals surface area contributed by atoms with Crippen molar-refractivity contribution in [2.24, 2.45) is 11.8 Å². The zero-order valence-electron chi connectivity index (χ0n) is 11.2. The van der Waals surface area contributed by atoms with Crippen molar-refractivity contribution in [3.8, 4) is 5.75 Å². The Morgan fingerprint density at radius 2 is 2.37 bits per heavy atom. The highest BCUT2D eigenvalue weighted by Crippen LogP contribution is 2.36. The van der Waals surface area contributed by atoms with E-state index >= 15 is 0 Å². The monoisotopic (exact) mass is 260 g/mol. The summed E-state index contributed by atoms with van der Waals surface area (Å²) >= 11 is 0. The number of amides is 1. The predicted molar refractivity (Wildman–Crippen MR) is 74.6 cm³/mol. The van der Waals surface area contributed by atoms with Crippen molar-refractivity contribution in [3.05, 3.63) is 23.8 Å². The van der Waals surface area contributed by atoms with Crippen LogP contribution in [0.25, 0.3) is 0 Å². The molecule has 0 bridgehead atoms. The largest absolute Gasteiger partial charge is 0.489 e. The van der Waals surface area contributed by atoms with Crippen LogP contribution in [-0.2, 0) is 0 Å². The van der Waals surface area contributed by atoms with E-state index in [0.29, 0.717) is 23.8 Å². The number of fused-ring (bicyclic) bond motifs is 1. The lowest BCUT2D eigenvalue weighted by atomic mass is 10.1. The Bertz CT molecular complexity index is 483. The number of hydrogen-bond donors (Lipinski definition) is 2. The molecule has 2 N–H and O–H groups in total. The van der Waals surface area contributed by atoms with Crippen LogP contribution in [0.4, 0.5) is 5.69 Å². The van der Waals surface area contributed by atoms with Gasteiger partial charge in [-0.25, -0.2) is 0 Å². The van der Waals surface area contributed by atoms with Gasteiger partial charge in [0.05, 0.1) is 11.3 Å². The van der Waals surface area contributed by atoms with Crippen LogP contribution in [0.15, 0.2) is 18.2 Å². The summed E-state index contributed by atoms with van der Waals surface area (Å²) in [5.74, 6) is 2.03. The van der Waals surface area contributed by atoms with Gasteiger partial charge in [0.25, 0.3) is 5.91 Å². The first-order valence-corrected chi connectivity index (χ1v) is 7.03. The molecular weight excluding hydrogens is 240 g/mol. The average molecular weight is 260 g/mol. The first-order chi connectivity index (χ1) is 9.25. The van der Waals surface area contributed by atoms with Crippen molar-refractivity contribution >= 4 is 11.6 Å². The molecule has 1 unspecified atom stereocenters. The third-order valence-electron chi connectivity index (χ3n) is 3.93. The maximum Gasteiger partial charge on any atom is 0.255 e. The summed E-state index contributed by atoms with van der Waals surface area (Å²) in [6, 6.07) is 5.65. The van der Waals surface area contributed by atoms with Crippen molar-refractivity contribution in [1.29, 1.82) is 0 Å². The summed E-state index contributed by atoms with van der Waals surface area (Å²) in [7, 11) is 0. The van der Waals surface area contributed by atoms with Crippen molar-refractivity contribution < 1.29 is 9.53 Å². The summed E-state index contributed by atoms with van der Waals surface area (Å²) in [6.07, 6.45) is 2.62. The maximum absolute atomic E-state index is 12.2. The van der Waals surface area contributed by atoms with E-state index in [1.165, 1.54) is 12.8 Å². The molecule has 4 heteroatoms. The Hall–Kier alpha value is -1.71. The number of anilines is 1. The third kappa shape index (κ3) is 2.67. The quantitative estimate of drug-likeness (QED) is 0.873. The average Bonchev–Trinajstić information content (AvgIpc) is 3.28. The number of carbonyl (C=O) groups excluding carboxylic acids is 1. The van der Waals surface area contributed by atoms with Gasteiger partial charge in [0.15, 0.2) is 5.75 Å². The van der Waals surface area contributed by atoms with Crippen LogP contribution in [0.5, 0.6) is 5.75 Å². The topological polar surface area (TPSA) is 50.4 Å². The molecule has 0 aromatic heterocycles. The molecule has 1 fully saturated rings. The highest BCUT2D eigenvalue weighted by molar-refractivity contribution is 5.98. The second kappa shape index (κ2) is 5.11. The molecule has 102 valence electrons. The first-order valence-electron chi connectivity index (χ1n) is 7.03. The fourth-order valence-corrected chi connectivity index (χ4v) is 2.53. The van der Waals surface area contributed by atoms with Gasteiger partial charge in [0.1, 0.15) is 6.61 Å². The summed E-state index contributed by atoms with van der Waals surface area (Å²) in [6.45, 7) is 4.35. The van der Waals surface area contributed by atoms with E-state index in [1.807, 2.05) is 18.2 Å². The number of nitrogens with one attached hydrogen (secondary N) is 2. The molecule has 1 aliphatic carbocycles. The van der Waals surface area contributed by atoms with Crippen LogP contribution in [0, 0.1) is 11.8 Å². The third-order valence-corrected chi connectivity index (χ3v) is 3.93. The standard InChI is InChI=1S/C15H20N2O2/c1-10(11-5-6-11)9-17-15(18)12-3-2-4-13-14(12)19-8-7-16-13/h2-4,10-11,16H,5-9H2,1H3,(H,17,18). The van der Waals surface area contributed by atoms with Crippen LogP contribution >= 0.6 is 0 Å². The summed E-state index contributed by atoms with van der Waals surface area (Å²) in [5.41, 5.74) is 1.54. The number of benzene rings is 1. The molecular formula is C15H20N2O2. The van der Waals surface area contributed by atoms with Gasteiger partial charge in [-0.15, -0.1) is 0 Å². The Labute approximate surface area is 113 Å². The molecule has 0 radical (unpaired) electrons. The lowest BCUT2D eigenvalue weighted by Gasteiger charge is -2.21. The van der Waals surface area contributed by atoms with Crippen molar-refractivity contribution in [2.75, 3.05) is 25.0 Å². The second-order valence-corrected chi connectivity index (χ2v) is 5.48. The highest BCUT2D eigenvalue weighted by Gasteiger charge is 2.28. The number of carbonyl (C=O) groups is 1. The predicted octanol–water partition coefficient (Wildman–Crippen LogP) is 2.27. The van der Waals surface area contributed by atoms with E-state index in [0.717, 1.165) is 24.7 Å². The number of para-hydroxylation sites is 1. The molecule has 1 heterocycles. The zero-order valence-corrected chi connectivity index (χ0v) is 11.2. The van der Waals surface area contributed by atoms with Crippen LogP contribution in [0.3, 0.4) is 0 Å². The summed E-state index contributed by atoms with van der Waals surface area (Å²) < 4.78 is 5.62. The molecule has 4 nitrogen and oxygen atoms in total. The van der Waals surface area contributed by atoms with Crippen LogP contribution in [0.1, 0.15) is 30.1 Å². The Morgan fingerprint density at radius 3 is 3.16 bits per heavy atom. The van der Waals surface area contributed by atoms with Crippen molar-refractivity contribution in [2.45, 2.75) is 19.8 Å². The molecule has 0 spiro atoms. The summed E-state index contributed by atoms with van der Waals surface area (Å²) in [5, 5.41) is 6.27. The van der Waals surface area contributed by atoms with E-state index in [2.05, 4.69) is 17.6 Å². The fraction of sp³-hybridized carbons (Fsp3) is 0.533. The molecule has 1 aliphatic heterocycles. The fourth-order valence-electron chi connectivity index (χ4n) is 2.53. The van der Waals surface area contributed by atoms with Gasteiger partial charge in [-0.1, -0.05) is 13.0 Å². The van der Waals surface area contributed by atoms with E-state index in [-0.39, 0.29) is 5.91 Å². The van der Waals surface area contributed by atoms with Gasteiger partial charge in [-0.05, 0) is 36.8 Å². The Kier molecular flexibility index (Phi) is 3.32. The minimum atomic E-state index is -0.0342. The number of rotatable bonds is 4. The van der Waals surface area contributed by atoms with Crippen LogP contribution in [-0.4, -0.2) is 25.6 Å².